The number of benzene rings is 1. The Kier molecular flexibility index (Phi) is 6.87. The maximum atomic E-state index is 11.8. The molecule has 2 amide bonds. The predicted octanol–water partition coefficient (Wildman–Crippen LogP) is 2.50. The number of carbonyl (C=O) groups is 2. The summed E-state index contributed by atoms with van der Waals surface area (Å²) in [5.41, 5.74) is 9.05. The van der Waals surface area contributed by atoms with Crippen LogP contribution < -0.4 is 16.4 Å². The van der Waals surface area contributed by atoms with E-state index in [9.17, 15) is 9.59 Å². The molecule has 0 unspecified atom stereocenters. The summed E-state index contributed by atoms with van der Waals surface area (Å²) < 4.78 is 0. The van der Waals surface area contributed by atoms with Crippen LogP contribution in [-0.4, -0.2) is 28.3 Å². The van der Waals surface area contributed by atoms with Crippen LogP contribution in [0.15, 0.2) is 24.3 Å². The average molecular weight is 368 g/mol. The number of aromatic nitrogens is 2. The summed E-state index contributed by atoms with van der Waals surface area (Å²) in [6, 6.07) is 7.70. The number of anilines is 2. The number of nitrogens with zero attached hydrogens (tertiary/aromatic N) is 2. The van der Waals surface area contributed by atoms with E-state index < -0.39 is 5.91 Å². The fourth-order valence-electron chi connectivity index (χ4n) is 2.77. The first-order chi connectivity index (χ1) is 12.8. The molecule has 1 aromatic carbocycles. The van der Waals surface area contributed by atoms with Crippen molar-refractivity contribution in [1.29, 1.82) is 0 Å². The molecule has 0 aliphatic heterocycles. The van der Waals surface area contributed by atoms with E-state index in [0.717, 1.165) is 22.6 Å². The van der Waals surface area contributed by atoms with Crippen molar-refractivity contribution in [3.8, 4) is 0 Å². The summed E-state index contributed by atoms with van der Waals surface area (Å²) in [5.74, 6) is -0.467. The molecule has 0 aliphatic carbocycles. The van der Waals surface area contributed by atoms with E-state index in [1.54, 1.807) is 0 Å². The zero-order valence-corrected chi connectivity index (χ0v) is 16.0. The molecule has 7 nitrogen and oxygen atoms in total. The number of hydrogen-bond acceptors (Lipinski definition) is 5. The average Bonchev–Trinajstić information content (AvgIpc) is 2.65. The van der Waals surface area contributed by atoms with Gasteiger partial charge in [0, 0.05) is 19.2 Å². The van der Waals surface area contributed by atoms with Crippen molar-refractivity contribution >= 4 is 23.3 Å². The summed E-state index contributed by atoms with van der Waals surface area (Å²) in [5, 5.41) is 5.88. The van der Waals surface area contributed by atoms with Gasteiger partial charge in [-0.3, -0.25) is 9.59 Å². The molecule has 1 radical (unpaired) electrons. The van der Waals surface area contributed by atoms with Gasteiger partial charge in [-0.1, -0.05) is 32.9 Å². The lowest BCUT2D eigenvalue weighted by Gasteiger charge is -2.16. The van der Waals surface area contributed by atoms with Crippen LogP contribution in [-0.2, 0) is 17.6 Å². The van der Waals surface area contributed by atoms with E-state index in [1.807, 2.05) is 45.0 Å². The first-order valence-electron chi connectivity index (χ1n) is 9.02. The molecule has 4 N–H and O–H groups in total. The number of aryl methyl sites for hydroxylation is 2. The molecular weight excluding hydrogens is 342 g/mol. The molecule has 1 aromatic heterocycles. The van der Waals surface area contributed by atoms with Crippen LogP contribution in [0.4, 0.5) is 11.5 Å². The van der Waals surface area contributed by atoms with Crippen LogP contribution in [0.2, 0.25) is 0 Å². The quantitative estimate of drug-likeness (QED) is 0.663. The highest BCUT2D eigenvalue weighted by atomic mass is 16.1. The van der Waals surface area contributed by atoms with Crippen molar-refractivity contribution in [3.63, 3.8) is 0 Å². The maximum Gasteiger partial charge on any atom is 0.271 e. The van der Waals surface area contributed by atoms with Crippen molar-refractivity contribution < 1.29 is 9.59 Å². The molecule has 0 saturated carbocycles. The van der Waals surface area contributed by atoms with Gasteiger partial charge >= 0.3 is 0 Å². The third kappa shape index (κ3) is 5.26. The van der Waals surface area contributed by atoms with Gasteiger partial charge in [0.1, 0.15) is 0 Å². The summed E-state index contributed by atoms with van der Waals surface area (Å²) in [7, 11) is 0. The number of nitrogens with one attached hydrogen (secondary N) is 2. The summed E-state index contributed by atoms with van der Waals surface area (Å²) >= 11 is 0. The lowest BCUT2D eigenvalue weighted by Crippen LogP contribution is -2.24. The van der Waals surface area contributed by atoms with Gasteiger partial charge < -0.3 is 16.4 Å². The zero-order valence-electron chi connectivity index (χ0n) is 16.0. The number of primary amides is 1. The number of carbonyl (C=O) groups excluding carboxylic acids is 2. The van der Waals surface area contributed by atoms with E-state index in [-0.39, 0.29) is 17.5 Å². The Morgan fingerprint density at radius 2 is 1.85 bits per heavy atom. The molecule has 0 saturated heterocycles. The van der Waals surface area contributed by atoms with E-state index in [1.165, 1.54) is 0 Å². The predicted molar refractivity (Wildman–Crippen MR) is 106 cm³/mol. The second-order valence-electron chi connectivity index (χ2n) is 6.34. The van der Waals surface area contributed by atoms with Gasteiger partial charge in [-0.15, -0.1) is 0 Å². The van der Waals surface area contributed by atoms with Crippen LogP contribution in [0.3, 0.4) is 0 Å². The van der Waals surface area contributed by atoms with Crippen molar-refractivity contribution in [2.45, 2.75) is 39.5 Å². The molecular formula is C20H26N5O2. The van der Waals surface area contributed by atoms with Crippen LogP contribution in [0.5, 0.6) is 0 Å². The topological polar surface area (TPSA) is 110 Å². The molecule has 1 heterocycles. The van der Waals surface area contributed by atoms with Gasteiger partial charge in [0.15, 0.2) is 11.5 Å². The van der Waals surface area contributed by atoms with Gasteiger partial charge in [0.2, 0.25) is 5.91 Å². The smallest absolute Gasteiger partial charge is 0.271 e. The SMILES string of the molecule is [CH2]C(=O)NC[C@@H](C)c1cccc(Nc2nc(CC)c(CC)nc2C(N)=O)c1. The first-order valence-corrected chi connectivity index (χ1v) is 9.02. The van der Waals surface area contributed by atoms with Crippen molar-refractivity contribution in [2.75, 3.05) is 11.9 Å². The van der Waals surface area contributed by atoms with Crippen LogP contribution >= 0.6 is 0 Å². The normalized spacial score (nSPS) is 11.7. The molecule has 2 rings (SSSR count). The third-order valence-corrected chi connectivity index (χ3v) is 4.28. The van der Waals surface area contributed by atoms with E-state index >= 15 is 0 Å². The standard InChI is InChI=1S/C20H26N5O2/c1-5-16-17(6-2)25-20(18(24-16)19(21)27)23-15-9-7-8-14(10-15)12(3)11-22-13(4)26/h7-10,12H,4-6,11H2,1-3H3,(H2,21,27)(H,22,26)(H,23,25)/t12-/m1/s1. The minimum Gasteiger partial charge on any atom is -0.364 e. The highest BCUT2D eigenvalue weighted by molar-refractivity contribution is 5.96. The fraction of sp³-hybridized carbons (Fsp3) is 0.350. The Balaban J connectivity index is 2.32. The Morgan fingerprint density at radius 3 is 2.44 bits per heavy atom. The number of nitrogens with two attached hydrogens (primary N) is 1. The van der Waals surface area contributed by atoms with Crippen LogP contribution in [0, 0.1) is 6.92 Å². The van der Waals surface area contributed by atoms with Crippen molar-refractivity contribution in [3.05, 3.63) is 53.8 Å². The molecule has 7 heteroatoms. The van der Waals surface area contributed by atoms with Gasteiger partial charge in [-0.2, -0.15) is 0 Å². The Bertz CT molecular complexity index is 835. The molecule has 0 bridgehead atoms. The highest BCUT2D eigenvalue weighted by Gasteiger charge is 2.17. The second kappa shape index (κ2) is 9.12. The first kappa shape index (κ1) is 20.4. The minimum atomic E-state index is -0.620. The molecule has 1 atom stereocenters. The Hall–Kier alpha value is -2.96. The molecule has 0 aliphatic rings. The Labute approximate surface area is 159 Å². The largest absolute Gasteiger partial charge is 0.364 e. The van der Waals surface area contributed by atoms with Crippen molar-refractivity contribution in [1.82, 2.24) is 15.3 Å². The van der Waals surface area contributed by atoms with Crippen LogP contribution in [0.25, 0.3) is 0 Å². The van der Waals surface area contributed by atoms with E-state index in [0.29, 0.717) is 25.2 Å². The van der Waals surface area contributed by atoms with E-state index in [2.05, 4.69) is 27.5 Å². The van der Waals surface area contributed by atoms with Gasteiger partial charge in [0.05, 0.1) is 11.4 Å². The fourth-order valence-corrected chi connectivity index (χ4v) is 2.77. The molecule has 0 spiro atoms. The summed E-state index contributed by atoms with van der Waals surface area (Å²) in [6.07, 6.45) is 1.40. The summed E-state index contributed by atoms with van der Waals surface area (Å²) in [4.78, 5) is 31.8. The van der Waals surface area contributed by atoms with Gasteiger partial charge in [-0.05, 0) is 36.5 Å². The molecule has 2 aromatic rings. The summed E-state index contributed by atoms with van der Waals surface area (Å²) in [6.45, 7) is 9.78. The number of hydrogen-bond donors (Lipinski definition) is 3. The minimum absolute atomic E-state index is 0.104. The molecule has 27 heavy (non-hydrogen) atoms. The number of amides is 2. The van der Waals surface area contributed by atoms with Crippen molar-refractivity contribution in [2.24, 2.45) is 5.73 Å². The monoisotopic (exact) mass is 368 g/mol. The zero-order chi connectivity index (χ0) is 20.0. The molecule has 143 valence electrons. The molecule has 0 fully saturated rings. The van der Waals surface area contributed by atoms with E-state index in [4.69, 9.17) is 5.73 Å². The van der Waals surface area contributed by atoms with Gasteiger partial charge in [-0.25, -0.2) is 9.97 Å². The van der Waals surface area contributed by atoms with Crippen LogP contribution in [0.1, 0.15) is 54.1 Å². The lowest BCUT2D eigenvalue weighted by atomic mass is 10.0. The highest BCUT2D eigenvalue weighted by Crippen LogP contribution is 2.23. The van der Waals surface area contributed by atoms with Gasteiger partial charge in [0.25, 0.3) is 5.91 Å². The third-order valence-electron chi connectivity index (χ3n) is 4.28. The second-order valence-corrected chi connectivity index (χ2v) is 6.34. The number of rotatable bonds is 8. The lowest BCUT2D eigenvalue weighted by molar-refractivity contribution is -0.116. The maximum absolute atomic E-state index is 11.8. The Morgan fingerprint density at radius 1 is 1.19 bits per heavy atom.